The first-order chi connectivity index (χ1) is 11.6. The second-order valence-corrected chi connectivity index (χ2v) is 10.1. The molecule has 0 aromatic heterocycles. The molecule has 0 heterocycles. The fourth-order valence-corrected chi connectivity index (χ4v) is 7.73. The molecule has 3 fully saturated rings. The van der Waals surface area contributed by atoms with Gasteiger partial charge in [-0.05, 0) is 81.0 Å². The topological polar surface area (TPSA) is 57.5 Å². The molecule has 4 aliphatic rings. The molecule has 0 amide bonds. The van der Waals surface area contributed by atoms with Crippen LogP contribution >= 0.6 is 0 Å². The molecular weight excluding hydrogens is 312 g/mol. The Morgan fingerprint density at radius 2 is 1.92 bits per heavy atom. The number of carbonyl (C=O) groups excluding carboxylic acids is 1. The predicted molar refractivity (Wildman–Crippen MR) is 97.9 cm³/mol. The standard InChI is InChI=1S/C22H34O3/c1-13-11-19-17-6-5-15-12-16(24)7-9-20(15,3)18(17)8-10-21(19,4)22(13,25)14(2)23/h5,13,16-19,24-25H,6-12H2,1-4H3/t13-,16+,17-,18+,19+,20+,21+,22+/m0/s1. The van der Waals surface area contributed by atoms with Crippen LogP contribution in [0.2, 0.25) is 0 Å². The maximum absolute atomic E-state index is 12.4. The molecule has 4 aliphatic carbocycles. The highest BCUT2D eigenvalue weighted by Gasteiger charge is 2.67. The first kappa shape index (κ1) is 17.7. The number of carbonyl (C=O) groups is 1. The van der Waals surface area contributed by atoms with Gasteiger partial charge in [0.05, 0.1) is 6.10 Å². The van der Waals surface area contributed by atoms with E-state index < -0.39 is 5.60 Å². The van der Waals surface area contributed by atoms with Gasteiger partial charge in [-0.3, -0.25) is 4.79 Å². The highest BCUT2D eigenvalue weighted by molar-refractivity contribution is 5.86. The number of hydrogen-bond acceptors (Lipinski definition) is 3. The smallest absolute Gasteiger partial charge is 0.162 e. The van der Waals surface area contributed by atoms with Crippen molar-refractivity contribution in [3.63, 3.8) is 0 Å². The fraction of sp³-hybridized carbons (Fsp3) is 0.864. The second kappa shape index (κ2) is 5.42. The minimum atomic E-state index is -1.16. The number of allylic oxidation sites excluding steroid dienone is 1. The number of aliphatic hydroxyl groups is 2. The van der Waals surface area contributed by atoms with E-state index in [9.17, 15) is 15.0 Å². The average Bonchev–Trinajstić information content (AvgIpc) is 2.77. The Hall–Kier alpha value is -0.670. The number of fused-ring (bicyclic) bond motifs is 5. The third-order valence-corrected chi connectivity index (χ3v) is 9.20. The quantitative estimate of drug-likeness (QED) is 0.709. The molecule has 3 nitrogen and oxygen atoms in total. The molecule has 0 unspecified atom stereocenters. The van der Waals surface area contributed by atoms with E-state index in [1.807, 2.05) is 0 Å². The van der Waals surface area contributed by atoms with Gasteiger partial charge in [-0.2, -0.15) is 0 Å². The largest absolute Gasteiger partial charge is 0.393 e. The summed E-state index contributed by atoms with van der Waals surface area (Å²) >= 11 is 0. The van der Waals surface area contributed by atoms with Gasteiger partial charge >= 0.3 is 0 Å². The zero-order valence-electron chi connectivity index (χ0n) is 16.2. The summed E-state index contributed by atoms with van der Waals surface area (Å²) in [5, 5.41) is 21.5. The molecule has 0 spiro atoms. The van der Waals surface area contributed by atoms with Gasteiger partial charge in [-0.15, -0.1) is 0 Å². The van der Waals surface area contributed by atoms with Crippen molar-refractivity contribution >= 4 is 5.78 Å². The molecule has 0 saturated heterocycles. The fourth-order valence-electron chi connectivity index (χ4n) is 7.73. The lowest BCUT2D eigenvalue weighted by Crippen LogP contribution is -2.58. The Labute approximate surface area is 151 Å². The minimum Gasteiger partial charge on any atom is -0.393 e. The summed E-state index contributed by atoms with van der Waals surface area (Å²) in [5.74, 6) is 1.64. The van der Waals surface area contributed by atoms with Gasteiger partial charge in [0.15, 0.2) is 5.78 Å². The third-order valence-electron chi connectivity index (χ3n) is 9.20. The number of ketones is 1. The van der Waals surface area contributed by atoms with Crippen molar-refractivity contribution in [2.45, 2.75) is 84.3 Å². The highest BCUT2D eigenvalue weighted by atomic mass is 16.3. The highest BCUT2D eigenvalue weighted by Crippen LogP contribution is 2.68. The molecule has 0 aromatic carbocycles. The molecule has 0 radical (unpaired) electrons. The van der Waals surface area contributed by atoms with Crippen LogP contribution in [0.5, 0.6) is 0 Å². The monoisotopic (exact) mass is 346 g/mol. The first-order valence-electron chi connectivity index (χ1n) is 10.3. The van der Waals surface area contributed by atoms with Crippen LogP contribution in [-0.4, -0.2) is 27.7 Å². The van der Waals surface area contributed by atoms with Crippen molar-refractivity contribution < 1.29 is 15.0 Å². The van der Waals surface area contributed by atoms with Crippen molar-refractivity contribution in [2.24, 2.45) is 34.5 Å². The molecular formula is C22H34O3. The molecule has 0 aliphatic heterocycles. The van der Waals surface area contributed by atoms with Gasteiger partial charge in [0.1, 0.15) is 5.60 Å². The summed E-state index contributed by atoms with van der Waals surface area (Å²) in [6.07, 6.45) is 9.15. The summed E-state index contributed by atoms with van der Waals surface area (Å²) in [6, 6.07) is 0. The molecule has 0 aromatic rings. The molecule has 4 rings (SSSR count). The SMILES string of the molecule is CC(=O)[C@]1(O)[C@@H](C)C[C@@H]2[C@H]3CC=C4C[C@H](O)CC[C@@]4(C)[C@@H]3CC[C@]21C. The summed E-state index contributed by atoms with van der Waals surface area (Å²) < 4.78 is 0. The molecule has 0 bridgehead atoms. The molecule has 140 valence electrons. The lowest BCUT2D eigenvalue weighted by molar-refractivity contribution is -0.165. The van der Waals surface area contributed by atoms with Gasteiger partial charge in [0.2, 0.25) is 0 Å². The Kier molecular flexibility index (Phi) is 3.84. The van der Waals surface area contributed by atoms with E-state index in [0.29, 0.717) is 17.8 Å². The van der Waals surface area contributed by atoms with E-state index in [1.165, 1.54) is 5.57 Å². The van der Waals surface area contributed by atoms with Crippen LogP contribution in [0.25, 0.3) is 0 Å². The summed E-state index contributed by atoms with van der Waals surface area (Å²) in [4.78, 5) is 12.4. The summed E-state index contributed by atoms with van der Waals surface area (Å²) in [6.45, 7) is 8.26. The van der Waals surface area contributed by atoms with Crippen LogP contribution in [-0.2, 0) is 4.79 Å². The van der Waals surface area contributed by atoms with Gasteiger partial charge in [-0.25, -0.2) is 0 Å². The summed E-state index contributed by atoms with van der Waals surface area (Å²) in [7, 11) is 0. The van der Waals surface area contributed by atoms with Gasteiger partial charge in [-0.1, -0.05) is 32.4 Å². The minimum absolute atomic E-state index is 0.0394. The molecule has 2 N–H and O–H groups in total. The molecule has 8 atom stereocenters. The first-order valence-corrected chi connectivity index (χ1v) is 10.3. The van der Waals surface area contributed by atoms with E-state index in [4.69, 9.17) is 0 Å². The van der Waals surface area contributed by atoms with Crippen LogP contribution in [0.1, 0.15) is 72.6 Å². The van der Waals surface area contributed by atoms with Crippen LogP contribution in [0.4, 0.5) is 0 Å². The number of aliphatic hydroxyl groups excluding tert-OH is 1. The Morgan fingerprint density at radius 3 is 2.60 bits per heavy atom. The number of rotatable bonds is 1. The Morgan fingerprint density at radius 1 is 1.20 bits per heavy atom. The summed E-state index contributed by atoms with van der Waals surface area (Å²) in [5.41, 5.74) is 0.249. The van der Waals surface area contributed by atoms with Crippen LogP contribution in [0, 0.1) is 34.5 Å². The zero-order valence-corrected chi connectivity index (χ0v) is 16.2. The molecule has 3 saturated carbocycles. The van der Waals surface area contributed by atoms with Gasteiger partial charge in [0, 0.05) is 5.41 Å². The number of hydrogen-bond donors (Lipinski definition) is 2. The maximum atomic E-state index is 12.4. The predicted octanol–water partition coefficient (Wildman–Crippen LogP) is 3.88. The van der Waals surface area contributed by atoms with Crippen molar-refractivity contribution in [2.75, 3.05) is 0 Å². The average molecular weight is 347 g/mol. The Balaban J connectivity index is 1.72. The lowest BCUT2D eigenvalue weighted by Gasteiger charge is -2.58. The maximum Gasteiger partial charge on any atom is 0.162 e. The van der Waals surface area contributed by atoms with Crippen molar-refractivity contribution in [1.82, 2.24) is 0 Å². The van der Waals surface area contributed by atoms with E-state index in [2.05, 4.69) is 26.8 Å². The number of Topliss-reactive ketones (excluding diaryl/α,β-unsaturated/α-hetero) is 1. The van der Waals surface area contributed by atoms with Crippen LogP contribution in [0.15, 0.2) is 11.6 Å². The van der Waals surface area contributed by atoms with Crippen molar-refractivity contribution in [1.29, 1.82) is 0 Å². The third kappa shape index (κ3) is 2.09. The lowest BCUT2D eigenvalue weighted by atomic mass is 9.46. The van der Waals surface area contributed by atoms with E-state index in [-0.39, 0.29) is 28.6 Å². The van der Waals surface area contributed by atoms with Crippen molar-refractivity contribution in [3.05, 3.63) is 11.6 Å². The normalized spacial score (nSPS) is 55.0. The Bertz CT molecular complexity index is 625. The van der Waals surface area contributed by atoms with Crippen molar-refractivity contribution in [3.8, 4) is 0 Å². The zero-order chi connectivity index (χ0) is 18.2. The molecule has 25 heavy (non-hydrogen) atoms. The molecule has 3 heteroatoms. The van der Waals surface area contributed by atoms with E-state index in [0.717, 1.165) is 44.9 Å². The van der Waals surface area contributed by atoms with E-state index >= 15 is 0 Å². The van der Waals surface area contributed by atoms with Crippen LogP contribution in [0.3, 0.4) is 0 Å². The van der Waals surface area contributed by atoms with E-state index in [1.54, 1.807) is 6.92 Å². The second-order valence-electron chi connectivity index (χ2n) is 10.1. The van der Waals surface area contributed by atoms with Gasteiger partial charge < -0.3 is 10.2 Å². The van der Waals surface area contributed by atoms with Crippen LogP contribution < -0.4 is 0 Å². The van der Waals surface area contributed by atoms with Gasteiger partial charge in [0.25, 0.3) is 0 Å².